The van der Waals surface area contributed by atoms with E-state index < -0.39 is 18.2 Å². The molecule has 0 N–H and O–H groups in total. The molecule has 0 fully saturated rings. The minimum Gasteiger partial charge on any atom is -0.0651 e. The Bertz CT molecular complexity index is 2010. The quantitative estimate of drug-likeness (QED) is 0.121. The highest BCUT2D eigenvalue weighted by Crippen LogP contribution is 2.57. The summed E-state index contributed by atoms with van der Waals surface area (Å²) in [6.07, 6.45) is 11.4. The second kappa shape index (κ2) is 39.4. The first-order valence-corrected chi connectivity index (χ1v) is 37.7. The molecule has 0 aromatic carbocycles. The van der Waals surface area contributed by atoms with Gasteiger partial charge in [-0.2, -0.15) is 0 Å². The summed E-state index contributed by atoms with van der Waals surface area (Å²) in [5.74, 6) is -1.83. The number of hydrogen-bond donors (Lipinski definition) is 0. The molecule has 0 rings (SSSR count). The maximum absolute atomic E-state index is 8.94. The minimum absolute atomic E-state index is 0.00500. The average molecular weight is 1270 g/mol. The van der Waals surface area contributed by atoms with E-state index in [0.717, 1.165) is 77.0 Å². The molecular weight excluding hydrogens is 1070 g/mol. The standard InChI is InChI=1S/C15H32.2C14H30.C13H28.C12H26.C11H24.C10H22/c1-10-15(11-2,14(7,8)9)12(3)13(4,5)6;1-10-14(9,13(6,7)8)11(2)12(3,4)5;1-9-14(10-2,13(6,7)8)12(5)11(3)4;1-8-11(4)13(9-2,10-3)12(5,6)7;1-8-12(9-2,10(3)4)11(5,6)7;1-7-11(8-2,9-3)10(4,5)6;1-8(9(2,3)4)10(5,6)7/h12H,10-11H2,1-9H3;11H,10H2,1-9H3;11-12H,9-10H2,1-8H3;11H,8-10H2,1-7H3;10H,8-9H2,1-7H3;7-9H2,1-6H3;8H,1-7H3/i12D;11D;12D;11D;10D;7D2;8D. The smallest absolute Gasteiger partial charge is 0.0311 e. The van der Waals surface area contributed by atoms with Gasteiger partial charge in [0, 0.05) is 11.0 Å². The first-order valence-electron chi connectivity index (χ1n) is 41.7. The molecule has 0 aliphatic rings. The molecule has 0 aromatic heterocycles. The molecule has 0 nitrogen and oxygen atoms in total. The number of hydrogen-bond acceptors (Lipinski definition) is 0. The van der Waals surface area contributed by atoms with Crippen LogP contribution in [0.1, 0.15) is 461 Å². The Morgan fingerprint density at radius 3 is 0.551 bits per heavy atom. The Labute approximate surface area is 586 Å². The zero-order valence-electron chi connectivity index (χ0n) is 81.6. The van der Waals surface area contributed by atoms with Gasteiger partial charge in [-0.3, -0.25) is 0 Å². The molecule has 5 unspecified atom stereocenters. The second-order valence-corrected chi connectivity index (χ2v) is 39.2. The molecule has 548 valence electrons. The molecule has 0 spiro atoms. The maximum Gasteiger partial charge on any atom is 0.0311 e. The average Bonchev–Trinajstić information content (AvgIpc) is 0.756. The van der Waals surface area contributed by atoms with E-state index in [1.54, 1.807) is 6.92 Å². The van der Waals surface area contributed by atoms with Crippen LogP contribution in [-0.2, 0) is 0 Å². The van der Waals surface area contributed by atoms with Crippen molar-refractivity contribution < 1.29 is 11.0 Å². The lowest BCUT2D eigenvalue weighted by atomic mass is 9.52. The third-order valence-electron chi connectivity index (χ3n) is 26.0. The van der Waals surface area contributed by atoms with Crippen molar-refractivity contribution >= 4 is 0 Å². The topological polar surface area (TPSA) is 0 Å². The summed E-state index contributed by atoms with van der Waals surface area (Å²) >= 11 is 0. The van der Waals surface area contributed by atoms with Crippen LogP contribution in [-0.4, -0.2) is 0 Å². The van der Waals surface area contributed by atoms with E-state index in [9.17, 15) is 0 Å². The second-order valence-electron chi connectivity index (χ2n) is 39.2. The largest absolute Gasteiger partial charge is 0.0651 e. The van der Waals surface area contributed by atoms with E-state index in [4.69, 9.17) is 11.0 Å². The lowest BCUT2D eigenvalue weighted by molar-refractivity contribution is -0.0374. The van der Waals surface area contributed by atoms with Gasteiger partial charge in [-0.15, -0.1) is 0 Å². The van der Waals surface area contributed by atoms with Crippen LogP contribution in [0.15, 0.2) is 0 Å². The normalized spacial score (nSPS) is 19.2. The van der Waals surface area contributed by atoms with E-state index in [0.29, 0.717) is 5.92 Å². The van der Waals surface area contributed by atoms with Crippen molar-refractivity contribution in [3.8, 4) is 0 Å². The fraction of sp³-hybridized carbons (Fsp3) is 1.00. The molecule has 0 aliphatic carbocycles. The van der Waals surface area contributed by atoms with Gasteiger partial charge in [0.05, 0.1) is 0 Å². The van der Waals surface area contributed by atoms with Crippen LogP contribution in [0.4, 0.5) is 0 Å². The van der Waals surface area contributed by atoms with Crippen molar-refractivity contribution in [2.75, 3.05) is 0 Å². The van der Waals surface area contributed by atoms with Crippen molar-refractivity contribution in [1.29, 1.82) is 0 Å². The van der Waals surface area contributed by atoms with Gasteiger partial charge < -0.3 is 0 Å². The van der Waals surface area contributed by atoms with Gasteiger partial charge >= 0.3 is 0 Å². The van der Waals surface area contributed by atoms with E-state index in [1.165, 1.54) is 0 Å². The minimum atomic E-state index is -1.10. The van der Waals surface area contributed by atoms with Crippen molar-refractivity contribution in [3.63, 3.8) is 0 Å². The molecule has 0 radical (unpaired) electrons. The first-order chi connectivity index (χ1) is 41.7. The number of rotatable bonds is 19. The SMILES string of the molecule is [2H]C(C)(C(C)(C)C)C(C)(C)C.[2H]C(C)(C(C)(C)C)C(C)(CC)C(C)(C)C.[2H]C(C)(C(C)(C)C)C(CC)(CC)C(C)(C)C.[2H]C(C)(C(C)C)C(CC)(CC)C(C)(C)C.[2H]C(C)(C)C(CC)(CC)C(C)(C)C.[2H]C(C)(CC)C(CC)(CC)C(C)(C)C.[2H]C([2H])(C)C(CC)(CC)C(C)(C)C. The van der Waals surface area contributed by atoms with Gasteiger partial charge in [-0.05, 0) is 205 Å². The van der Waals surface area contributed by atoms with Crippen LogP contribution >= 0.6 is 0 Å². The zero-order chi connectivity index (χ0) is 81.6. The molecule has 0 saturated heterocycles. The molecule has 89 heavy (non-hydrogen) atoms. The van der Waals surface area contributed by atoms with Crippen molar-refractivity contribution in [1.82, 2.24) is 0 Å². The highest BCUT2D eigenvalue weighted by Gasteiger charge is 2.49. The van der Waals surface area contributed by atoms with Gasteiger partial charge in [-0.1, -0.05) is 373 Å². The molecular formula is C89H192. The Morgan fingerprint density at radius 2 is 0.506 bits per heavy atom. The van der Waals surface area contributed by atoms with Gasteiger partial charge in [0.1, 0.15) is 0 Å². The van der Waals surface area contributed by atoms with Crippen LogP contribution in [0.3, 0.4) is 0 Å². The summed E-state index contributed by atoms with van der Waals surface area (Å²) < 4.78 is 67.4. The molecule has 0 saturated carbocycles. The summed E-state index contributed by atoms with van der Waals surface area (Å²) in [6, 6.07) is 0. The van der Waals surface area contributed by atoms with E-state index >= 15 is 0 Å². The lowest BCUT2D eigenvalue weighted by Crippen LogP contribution is -2.45. The van der Waals surface area contributed by atoms with Crippen molar-refractivity contribution in [2.45, 2.75) is 450 Å². The van der Waals surface area contributed by atoms with Crippen LogP contribution in [0, 0.1) is 128 Å². The van der Waals surface area contributed by atoms with E-state index in [1.807, 2.05) is 20.8 Å². The molecule has 0 heterocycles. The molecule has 5 atom stereocenters. The third kappa shape index (κ3) is 28.9. The lowest BCUT2D eigenvalue weighted by Gasteiger charge is -2.53. The van der Waals surface area contributed by atoms with Gasteiger partial charge in [-0.25, -0.2) is 0 Å². The van der Waals surface area contributed by atoms with Gasteiger partial charge in [0.2, 0.25) is 0 Å². The Hall–Kier alpha value is 0. The Kier molecular flexibility index (Phi) is 37.7. The highest BCUT2D eigenvalue weighted by molar-refractivity contribution is 4.98. The Balaban J connectivity index is -0.000000195. The van der Waals surface area contributed by atoms with Crippen LogP contribution in [0.2, 0.25) is 0 Å². The highest BCUT2D eigenvalue weighted by atomic mass is 14.5. The van der Waals surface area contributed by atoms with Crippen LogP contribution in [0.25, 0.3) is 0 Å². The van der Waals surface area contributed by atoms with E-state index in [2.05, 4.69) is 339 Å². The monoisotopic (exact) mass is 1270 g/mol. The molecule has 0 bridgehead atoms. The molecule has 0 aliphatic heterocycles. The fourth-order valence-corrected chi connectivity index (χ4v) is 17.1. The fourth-order valence-electron chi connectivity index (χ4n) is 17.1. The predicted molar refractivity (Wildman–Crippen MR) is 424 cm³/mol. The van der Waals surface area contributed by atoms with Crippen LogP contribution in [0.5, 0.6) is 0 Å². The Morgan fingerprint density at radius 1 is 0.258 bits per heavy atom. The van der Waals surface area contributed by atoms with E-state index in [-0.39, 0.29) is 110 Å². The summed E-state index contributed by atoms with van der Waals surface area (Å²) in [5.41, 5.74) is 1.32. The third-order valence-corrected chi connectivity index (χ3v) is 26.0. The van der Waals surface area contributed by atoms with Crippen molar-refractivity contribution in [3.05, 3.63) is 0 Å². The molecule has 0 amide bonds. The molecule has 0 heteroatoms. The first kappa shape index (κ1) is 85.1. The predicted octanol–water partition coefficient (Wildman–Crippen LogP) is 33.1. The summed E-state index contributed by atoms with van der Waals surface area (Å²) in [7, 11) is 0. The van der Waals surface area contributed by atoms with Gasteiger partial charge in [0.25, 0.3) is 0 Å². The summed E-state index contributed by atoms with van der Waals surface area (Å²) in [6.45, 7) is 116. The van der Waals surface area contributed by atoms with Crippen molar-refractivity contribution in [2.24, 2.45) is 128 Å². The van der Waals surface area contributed by atoms with Crippen LogP contribution < -0.4 is 0 Å². The summed E-state index contributed by atoms with van der Waals surface area (Å²) in [5, 5.41) is 0. The maximum atomic E-state index is 8.94. The van der Waals surface area contributed by atoms with Gasteiger partial charge in [0.15, 0.2) is 0 Å². The summed E-state index contributed by atoms with van der Waals surface area (Å²) in [4.78, 5) is 0. The zero-order valence-corrected chi connectivity index (χ0v) is 73.6. The molecule has 0 aromatic rings.